The second-order valence-electron chi connectivity index (χ2n) is 3.26. The van der Waals surface area contributed by atoms with Crippen LogP contribution in [0, 0.1) is 6.92 Å². The van der Waals surface area contributed by atoms with Gasteiger partial charge in [-0.3, -0.25) is 15.4 Å². The maximum absolute atomic E-state index is 6.07. The van der Waals surface area contributed by atoms with Crippen LogP contribution < -0.4 is 5.43 Å². The van der Waals surface area contributed by atoms with Gasteiger partial charge in [0.05, 0.1) is 23.8 Å². The molecule has 0 bridgehead atoms. The Morgan fingerprint density at radius 1 is 1.50 bits per heavy atom. The molecule has 0 fully saturated rings. The van der Waals surface area contributed by atoms with E-state index >= 15 is 0 Å². The van der Waals surface area contributed by atoms with Crippen molar-refractivity contribution in [2.24, 2.45) is 4.99 Å². The summed E-state index contributed by atoms with van der Waals surface area (Å²) in [5.41, 5.74) is 5.33. The first-order valence-electron chi connectivity index (χ1n) is 4.56. The average molecular weight is 210 g/mol. The highest BCUT2D eigenvalue weighted by Crippen LogP contribution is 2.25. The van der Waals surface area contributed by atoms with Crippen LogP contribution in [0.4, 0.5) is 5.69 Å². The maximum atomic E-state index is 6.07. The van der Waals surface area contributed by atoms with Crippen LogP contribution in [0.25, 0.3) is 0 Å². The minimum atomic E-state index is 0.741. The minimum absolute atomic E-state index is 0.741. The zero-order valence-electron chi connectivity index (χ0n) is 8.00. The monoisotopic (exact) mass is 209 g/mol. The van der Waals surface area contributed by atoms with Gasteiger partial charge in [0.1, 0.15) is 6.34 Å². The third-order valence-electron chi connectivity index (χ3n) is 2.17. The lowest BCUT2D eigenvalue weighted by molar-refractivity contribution is 0.557. The van der Waals surface area contributed by atoms with Crippen molar-refractivity contribution in [2.75, 3.05) is 18.5 Å². The SMILES string of the molecule is Cc1cccc(Cl)c1NN1C=NCC1. The Labute approximate surface area is 88.4 Å². The molecule has 0 unspecified atom stereocenters. The van der Waals surface area contributed by atoms with E-state index in [0.29, 0.717) is 0 Å². The first-order valence-corrected chi connectivity index (χ1v) is 4.93. The van der Waals surface area contributed by atoms with Gasteiger partial charge in [0.25, 0.3) is 0 Å². The minimum Gasteiger partial charge on any atom is -0.296 e. The van der Waals surface area contributed by atoms with Gasteiger partial charge >= 0.3 is 0 Å². The van der Waals surface area contributed by atoms with Crippen LogP contribution in [-0.2, 0) is 0 Å². The molecule has 1 aliphatic heterocycles. The summed E-state index contributed by atoms with van der Waals surface area (Å²) < 4.78 is 0. The number of anilines is 1. The van der Waals surface area contributed by atoms with Gasteiger partial charge in [-0.1, -0.05) is 23.7 Å². The normalized spacial score (nSPS) is 14.9. The van der Waals surface area contributed by atoms with E-state index < -0.39 is 0 Å². The molecular formula is C10H12ClN3. The number of benzene rings is 1. The van der Waals surface area contributed by atoms with Crippen LogP contribution in [0.1, 0.15) is 5.56 Å². The van der Waals surface area contributed by atoms with Crippen molar-refractivity contribution in [3.63, 3.8) is 0 Å². The zero-order valence-corrected chi connectivity index (χ0v) is 8.75. The summed E-state index contributed by atoms with van der Waals surface area (Å²) in [6, 6.07) is 5.85. The highest BCUT2D eigenvalue weighted by atomic mass is 35.5. The molecule has 4 heteroatoms. The second-order valence-corrected chi connectivity index (χ2v) is 3.67. The molecule has 0 aromatic heterocycles. The standard InChI is InChI=1S/C10H12ClN3/c1-8-3-2-4-9(11)10(8)13-14-6-5-12-7-14/h2-4,7,13H,5-6H2,1H3. The third kappa shape index (κ3) is 1.82. The summed E-state index contributed by atoms with van der Waals surface area (Å²) in [5, 5.41) is 2.68. The van der Waals surface area contributed by atoms with Gasteiger partial charge in [0.15, 0.2) is 0 Å². The second kappa shape index (κ2) is 3.88. The number of nitrogens with one attached hydrogen (secondary N) is 1. The Kier molecular flexibility index (Phi) is 2.59. The maximum Gasteiger partial charge on any atom is 0.104 e. The molecule has 0 aliphatic carbocycles. The predicted molar refractivity (Wildman–Crippen MR) is 59.9 cm³/mol. The quantitative estimate of drug-likeness (QED) is 0.810. The smallest absolute Gasteiger partial charge is 0.104 e. The number of hydrazine groups is 1. The number of nitrogens with zero attached hydrogens (tertiary/aromatic N) is 2. The topological polar surface area (TPSA) is 27.6 Å². The van der Waals surface area contributed by atoms with E-state index in [4.69, 9.17) is 11.6 Å². The fourth-order valence-electron chi connectivity index (χ4n) is 1.38. The van der Waals surface area contributed by atoms with Gasteiger partial charge in [0.2, 0.25) is 0 Å². The molecule has 1 aromatic carbocycles. The van der Waals surface area contributed by atoms with Crippen LogP contribution in [-0.4, -0.2) is 24.4 Å². The Morgan fingerprint density at radius 2 is 2.36 bits per heavy atom. The molecule has 14 heavy (non-hydrogen) atoms. The molecule has 1 aliphatic rings. The zero-order chi connectivity index (χ0) is 9.97. The lowest BCUT2D eigenvalue weighted by Crippen LogP contribution is -2.27. The number of para-hydroxylation sites is 1. The number of hydrogen-bond acceptors (Lipinski definition) is 3. The largest absolute Gasteiger partial charge is 0.296 e. The van der Waals surface area contributed by atoms with Crippen molar-refractivity contribution >= 4 is 23.6 Å². The Hall–Kier alpha value is -1.22. The van der Waals surface area contributed by atoms with E-state index in [1.165, 1.54) is 0 Å². The predicted octanol–water partition coefficient (Wildman–Crippen LogP) is 2.32. The van der Waals surface area contributed by atoms with Crippen LogP contribution >= 0.6 is 11.6 Å². The molecule has 2 rings (SSSR count). The van der Waals surface area contributed by atoms with E-state index in [1.54, 1.807) is 6.34 Å². The first-order chi connectivity index (χ1) is 6.77. The van der Waals surface area contributed by atoms with Crippen molar-refractivity contribution < 1.29 is 0 Å². The van der Waals surface area contributed by atoms with Crippen LogP contribution in [0.5, 0.6) is 0 Å². The summed E-state index contributed by atoms with van der Waals surface area (Å²) in [5.74, 6) is 0. The molecule has 0 spiro atoms. The van der Waals surface area contributed by atoms with Crippen LogP contribution in [0.2, 0.25) is 5.02 Å². The van der Waals surface area contributed by atoms with E-state index in [0.717, 1.165) is 29.4 Å². The van der Waals surface area contributed by atoms with Crippen molar-refractivity contribution in [3.05, 3.63) is 28.8 Å². The number of halogens is 1. The summed E-state index contributed by atoms with van der Waals surface area (Å²) in [4.78, 5) is 4.12. The molecule has 0 saturated heterocycles. The number of hydrogen-bond donors (Lipinski definition) is 1. The fourth-order valence-corrected chi connectivity index (χ4v) is 1.65. The molecule has 0 amide bonds. The lowest BCUT2D eigenvalue weighted by atomic mass is 10.2. The first kappa shape index (κ1) is 9.34. The molecule has 3 nitrogen and oxygen atoms in total. The molecule has 0 saturated carbocycles. The van der Waals surface area contributed by atoms with E-state index in [9.17, 15) is 0 Å². The lowest BCUT2D eigenvalue weighted by Gasteiger charge is -2.19. The number of rotatable bonds is 2. The van der Waals surface area contributed by atoms with Crippen LogP contribution in [0.15, 0.2) is 23.2 Å². The number of aliphatic imine (C=N–C) groups is 1. The molecule has 0 radical (unpaired) electrons. The summed E-state index contributed by atoms with van der Waals surface area (Å²) in [7, 11) is 0. The summed E-state index contributed by atoms with van der Waals surface area (Å²) in [6.07, 6.45) is 1.79. The van der Waals surface area contributed by atoms with Crippen molar-refractivity contribution in [1.29, 1.82) is 0 Å². The van der Waals surface area contributed by atoms with Crippen molar-refractivity contribution in [2.45, 2.75) is 6.92 Å². The van der Waals surface area contributed by atoms with Gasteiger partial charge < -0.3 is 0 Å². The van der Waals surface area contributed by atoms with Crippen LogP contribution in [0.3, 0.4) is 0 Å². The molecule has 1 aromatic rings. The highest BCUT2D eigenvalue weighted by molar-refractivity contribution is 6.33. The summed E-state index contributed by atoms with van der Waals surface area (Å²) >= 11 is 6.07. The Morgan fingerprint density at radius 3 is 3.00 bits per heavy atom. The van der Waals surface area contributed by atoms with Gasteiger partial charge in [-0.2, -0.15) is 0 Å². The Bertz CT molecular complexity index is 342. The molecular weight excluding hydrogens is 198 g/mol. The molecule has 1 N–H and O–H groups in total. The Balaban J connectivity index is 2.19. The molecule has 0 atom stereocenters. The van der Waals surface area contributed by atoms with Crippen molar-refractivity contribution in [1.82, 2.24) is 5.01 Å². The third-order valence-corrected chi connectivity index (χ3v) is 2.48. The van der Waals surface area contributed by atoms with Gasteiger partial charge in [-0.25, -0.2) is 0 Å². The van der Waals surface area contributed by atoms with E-state index in [2.05, 4.69) is 10.4 Å². The number of aryl methyl sites for hydroxylation is 1. The fraction of sp³-hybridized carbons (Fsp3) is 0.300. The van der Waals surface area contributed by atoms with Crippen molar-refractivity contribution in [3.8, 4) is 0 Å². The van der Waals surface area contributed by atoms with Gasteiger partial charge in [-0.15, -0.1) is 0 Å². The van der Waals surface area contributed by atoms with Gasteiger partial charge in [0, 0.05) is 0 Å². The van der Waals surface area contributed by atoms with E-state index in [1.807, 2.05) is 30.1 Å². The summed E-state index contributed by atoms with van der Waals surface area (Å²) in [6.45, 7) is 3.77. The average Bonchev–Trinajstić information content (AvgIpc) is 2.64. The highest BCUT2D eigenvalue weighted by Gasteiger charge is 2.08. The van der Waals surface area contributed by atoms with Gasteiger partial charge in [-0.05, 0) is 18.6 Å². The molecule has 74 valence electrons. The van der Waals surface area contributed by atoms with E-state index in [-0.39, 0.29) is 0 Å². The molecule has 1 heterocycles.